The predicted octanol–water partition coefficient (Wildman–Crippen LogP) is -3.58. The third kappa shape index (κ3) is 599. The van der Waals surface area contributed by atoms with Crippen molar-refractivity contribution in [1.82, 2.24) is 0 Å². The van der Waals surface area contributed by atoms with Crippen molar-refractivity contribution in [3.05, 3.63) is 20.2 Å². The smallest absolute Gasteiger partial charge is 1.00 e. The first-order chi connectivity index (χ1) is 3.46. The summed E-state index contributed by atoms with van der Waals surface area (Å²) in [6.07, 6.45) is 0. The third-order valence-corrected chi connectivity index (χ3v) is 0. The van der Waals surface area contributed by atoms with Gasteiger partial charge in [0.1, 0.15) is 0 Å². The number of rotatable bonds is 0. The molecular formula is H3N2NaO6. The Kier molecular flexibility index (Phi) is 18.2. The second-order valence-corrected chi connectivity index (χ2v) is 0.476. The summed E-state index contributed by atoms with van der Waals surface area (Å²) < 4.78 is 0. The van der Waals surface area contributed by atoms with E-state index in [1.165, 1.54) is 0 Å². The van der Waals surface area contributed by atoms with Gasteiger partial charge in [-0.1, -0.05) is 0 Å². The van der Waals surface area contributed by atoms with E-state index < -0.39 is 10.2 Å². The maximum absolute atomic E-state index is 8.36. The second kappa shape index (κ2) is 10.4. The van der Waals surface area contributed by atoms with E-state index in [0.29, 0.717) is 0 Å². The molecule has 0 unspecified atom stereocenters. The molecule has 8 nitrogen and oxygen atoms in total. The van der Waals surface area contributed by atoms with Gasteiger partial charge >= 0.3 is 29.6 Å². The molecule has 0 bridgehead atoms. The van der Waals surface area contributed by atoms with Crippen LogP contribution in [0, 0.1) is 20.2 Å². The molecule has 0 aliphatic rings. The molecular weight excluding hydrogens is 147 g/mol. The Morgan fingerprint density at radius 1 is 1.11 bits per heavy atom. The zero-order valence-electron chi connectivity index (χ0n) is 5.42. The fourth-order valence-electron chi connectivity index (χ4n) is 0. The van der Waals surface area contributed by atoms with Gasteiger partial charge in [-0.15, -0.1) is 20.2 Å². The van der Waals surface area contributed by atoms with Crippen LogP contribution in [-0.2, 0) is 0 Å². The van der Waals surface area contributed by atoms with Gasteiger partial charge in [0.2, 0.25) is 0 Å². The molecule has 9 heavy (non-hydrogen) atoms. The Balaban J connectivity index is -0.0000000300. The van der Waals surface area contributed by atoms with Gasteiger partial charge in [-0.05, 0) is 0 Å². The first-order valence-corrected chi connectivity index (χ1v) is 1.13. The van der Waals surface area contributed by atoms with Crippen LogP contribution in [0.1, 0.15) is 1.43 Å². The van der Waals surface area contributed by atoms with Gasteiger partial charge in [-0.2, -0.15) is 0 Å². The van der Waals surface area contributed by atoms with E-state index in [1.54, 1.807) is 0 Å². The van der Waals surface area contributed by atoms with Crippen molar-refractivity contribution in [3.63, 3.8) is 0 Å². The van der Waals surface area contributed by atoms with E-state index >= 15 is 0 Å². The van der Waals surface area contributed by atoms with Crippen molar-refractivity contribution >= 4 is 0 Å². The van der Waals surface area contributed by atoms with E-state index in [0.717, 1.165) is 0 Å². The standard InChI is InChI=1S/2HNO3.Na.H/c2*2-1(3)4;;/h2*(H,2,3,4);;/q;;+1;-1. The summed E-state index contributed by atoms with van der Waals surface area (Å²) in [7, 11) is 0. The van der Waals surface area contributed by atoms with E-state index in [9.17, 15) is 0 Å². The molecule has 0 aliphatic carbocycles. The molecule has 50 valence electrons. The van der Waals surface area contributed by atoms with E-state index in [1.807, 2.05) is 0 Å². The van der Waals surface area contributed by atoms with Gasteiger partial charge < -0.3 is 11.8 Å². The summed E-state index contributed by atoms with van der Waals surface area (Å²) in [4.78, 5) is 16.7. The van der Waals surface area contributed by atoms with Gasteiger partial charge in [0.05, 0.1) is 0 Å². The SMILES string of the molecule is O=[N+]([O-])O.O=[N+]([O-])O.[H-].[Na+]. The van der Waals surface area contributed by atoms with E-state index in [-0.39, 0.29) is 31.0 Å². The van der Waals surface area contributed by atoms with Crippen LogP contribution >= 0.6 is 0 Å². The van der Waals surface area contributed by atoms with Crippen LogP contribution in [0.4, 0.5) is 0 Å². The minimum absolute atomic E-state index is 0. The molecule has 0 radical (unpaired) electrons. The largest absolute Gasteiger partial charge is 1.00 e. The van der Waals surface area contributed by atoms with Crippen molar-refractivity contribution in [1.29, 1.82) is 0 Å². The molecule has 9 heteroatoms. The van der Waals surface area contributed by atoms with Crippen molar-refractivity contribution < 1.29 is 51.6 Å². The summed E-state index contributed by atoms with van der Waals surface area (Å²) in [5.41, 5.74) is 0. The van der Waals surface area contributed by atoms with Crippen LogP contribution in [0.5, 0.6) is 0 Å². The van der Waals surface area contributed by atoms with E-state index in [4.69, 9.17) is 30.6 Å². The maximum atomic E-state index is 8.36. The maximum Gasteiger partial charge on any atom is 1.00 e. The number of hydrogen-bond acceptors (Lipinski definition) is 4. The summed E-state index contributed by atoms with van der Waals surface area (Å²) in [6.45, 7) is 0. The van der Waals surface area contributed by atoms with Crippen molar-refractivity contribution in [2.75, 3.05) is 0 Å². The molecule has 2 N–H and O–H groups in total. The third-order valence-electron chi connectivity index (χ3n) is 0. The molecule has 0 aliphatic heterocycles. The molecule has 0 saturated heterocycles. The molecule has 0 aromatic carbocycles. The van der Waals surface area contributed by atoms with Gasteiger partial charge in [0.25, 0.3) is 10.2 Å². The second-order valence-electron chi connectivity index (χ2n) is 0.476. The average Bonchev–Trinajstić information content (AvgIpc) is 1.25. The Labute approximate surface area is 72.1 Å². The minimum atomic E-state index is -1.50. The summed E-state index contributed by atoms with van der Waals surface area (Å²) in [6, 6.07) is 0. The summed E-state index contributed by atoms with van der Waals surface area (Å²) >= 11 is 0. The topological polar surface area (TPSA) is 127 Å². The van der Waals surface area contributed by atoms with Crippen molar-refractivity contribution in [3.8, 4) is 0 Å². The zero-order valence-corrected chi connectivity index (χ0v) is 6.42. The quantitative estimate of drug-likeness (QED) is 0.209. The Morgan fingerprint density at radius 3 is 1.11 bits per heavy atom. The predicted molar refractivity (Wildman–Crippen MR) is 18.7 cm³/mol. The molecule has 0 fully saturated rings. The Morgan fingerprint density at radius 2 is 1.11 bits per heavy atom. The zero-order chi connectivity index (χ0) is 7.15. The van der Waals surface area contributed by atoms with Crippen molar-refractivity contribution in [2.45, 2.75) is 0 Å². The van der Waals surface area contributed by atoms with Gasteiger partial charge in [0, 0.05) is 0 Å². The molecule has 0 amide bonds. The van der Waals surface area contributed by atoms with Gasteiger partial charge in [0.15, 0.2) is 0 Å². The number of nitrogens with zero attached hydrogens (tertiary/aromatic N) is 2. The Hall–Kier alpha value is -0.600. The molecule has 0 aromatic rings. The summed E-state index contributed by atoms with van der Waals surface area (Å²) in [5.74, 6) is 0. The normalized spacial score (nSPS) is 5.33. The van der Waals surface area contributed by atoms with E-state index in [2.05, 4.69) is 0 Å². The molecule has 0 spiro atoms. The fraction of sp³-hybridized carbons (Fsp3) is 0. The Bertz CT molecular complexity index is 73.7. The minimum Gasteiger partial charge on any atom is -1.00 e. The van der Waals surface area contributed by atoms with Crippen LogP contribution in [0.15, 0.2) is 0 Å². The fourth-order valence-corrected chi connectivity index (χ4v) is 0. The van der Waals surface area contributed by atoms with Crippen LogP contribution in [0.2, 0.25) is 0 Å². The molecule has 0 heterocycles. The van der Waals surface area contributed by atoms with Crippen LogP contribution in [-0.4, -0.2) is 20.6 Å². The molecule has 0 saturated carbocycles. The van der Waals surface area contributed by atoms with Gasteiger partial charge in [-0.3, -0.25) is 0 Å². The summed E-state index contributed by atoms with van der Waals surface area (Å²) in [5, 5.41) is 27.3. The average molecular weight is 150 g/mol. The monoisotopic (exact) mass is 150 g/mol. The first-order valence-electron chi connectivity index (χ1n) is 1.13. The van der Waals surface area contributed by atoms with Crippen LogP contribution < -0.4 is 29.6 Å². The molecule has 0 rings (SSSR count). The van der Waals surface area contributed by atoms with Crippen LogP contribution in [0.25, 0.3) is 0 Å². The van der Waals surface area contributed by atoms with Crippen LogP contribution in [0.3, 0.4) is 0 Å². The van der Waals surface area contributed by atoms with Gasteiger partial charge in [-0.25, -0.2) is 0 Å². The molecule has 0 aromatic heterocycles. The number of hydrogen-bond donors (Lipinski definition) is 2. The molecule has 0 atom stereocenters. The first kappa shape index (κ1) is 15.8. The van der Waals surface area contributed by atoms with Crippen molar-refractivity contribution in [2.24, 2.45) is 0 Å².